The number of aromatic nitrogens is 1. The average Bonchev–Trinajstić information content (AvgIpc) is 3.14. The molecule has 3 aromatic rings. The van der Waals surface area contributed by atoms with Crippen LogP contribution in [0.25, 0.3) is 10.6 Å². The van der Waals surface area contributed by atoms with Crippen molar-refractivity contribution in [1.82, 2.24) is 10.3 Å². The molecule has 2 N–H and O–H groups in total. The second kappa shape index (κ2) is 9.51. The highest BCUT2D eigenvalue weighted by molar-refractivity contribution is 7.17. The van der Waals surface area contributed by atoms with E-state index < -0.39 is 11.9 Å². The molecule has 0 atom stereocenters. The molecule has 0 spiro atoms. The predicted octanol–water partition coefficient (Wildman–Crippen LogP) is 3.93. The highest BCUT2D eigenvalue weighted by Gasteiger charge is 2.17. The molecule has 2 aromatic carbocycles. The third-order valence-corrected chi connectivity index (χ3v) is 5.58. The van der Waals surface area contributed by atoms with Crippen molar-refractivity contribution in [1.29, 1.82) is 0 Å². The zero-order chi connectivity index (χ0) is 21.7. The summed E-state index contributed by atoms with van der Waals surface area (Å²) in [5.41, 5.74) is 2.40. The maximum atomic E-state index is 12.7. The fourth-order valence-corrected chi connectivity index (χ4v) is 3.64. The molecule has 0 fully saturated rings. The molecule has 0 saturated heterocycles. The summed E-state index contributed by atoms with van der Waals surface area (Å²) in [6.45, 7) is 1.56. The summed E-state index contributed by atoms with van der Waals surface area (Å²) in [5.74, 6) is -1.23. The van der Waals surface area contributed by atoms with Crippen molar-refractivity contribution in [2.24, 2.45) is 0 Å². The molecule has 1 heterocycles. The standard InChI is InChI=1S/C21H18ClN3O4S/c1-12-18(30-21(24-12)14-3-7-15(22)8-4-14)20(28)25-16-9-5-13(6-10-16)19(27)23-11-17(26)29-2/h3-10H,11H2,1-2H3,(H,23,27)(H,25,28). The first-order valence-electron chi connectivity index (χ1n) is 8.87. The molecule has 0 aliphatic heterocycles. The van der Waals surface area contributed by atoms with Gasteiger partial charge in [0.15, 0.2) is 0 Å². The molecule has 3 rings (SSSR count). The molecule has 0 unspecified atom stereocenters. The van der Waals surface area contributed by atoms with Gasteiger partial charge in [0, 0.05) is 21.8 Å². The van der Waals surface area contributed by atoms with Crippen LogP contribution in [-0.2, 0) is 9.53 Å². The summed E-state index contributed by atoms with van der Waals surface area (Å²) in [6.07, 6.45) is 0. The van der Waals surface area contributed by atoms with Crippen LogP contribution in [0.2, 0.25) is 5.02 Å². The van der Waals surface area contributed by atoms with Gasteiger partial charge >= 0.3 is 5.97 Å². The van der Waals surface area contributed by atoms with Crippen LogP contribution in [0.3, 0.4) is 0 Å². The lowest BCUT2D eigenvalue weighted by atomic mass is 10.2. The Morgan fingerprint density at radius 3 is 2.33 bits per heavy atom. The summed E-state index contributed by atoms with van der Waals surface area (Å²) in [4.78, 5) is 40.7. The number of nitrogens with zero attached hydrogens (tertiary/aromatic N) is 1. The monoisotopic (exact) mass is 443 g/mol. The quantitative estimate of drug-likeness (QED) is 0.562. The summed E-state index contributed by atoms with van der Waals surface area (Å²) in [6, 6.07) is 13.6. The van der Waals surface area contributed by atoms with E-state index >= 15 is 0 Å². The van der Waals surface area contributed by atoms with Gasteiger partial charge in [0.2, 0.25) is 0 Å². The van der Waals surface area contributed by atoms with Crippen molar-refractivity contribution in [2.45, 2.75) is 6.92 Å². The first-order chi connectivity index (χ1) is 14.4. The topological polar surface area (TPSA) is 97.4 Å². The van der Waals surface area contributed by atoms with Crippen LogP contribution in [0.1, 0.15) is 25.7 Å². The summed E-state index contributed by atoms with van der Waals surface area (Å²) < 4.78 is 4.47. The van der Waals surface area contributed by atoms with Crippen LogP contribution in [0.5, 0.6) is 0 Å². The molecule has 1 aromatic heterocycles. The number of carbonyl (C=O) groups excluding carboxylic acids is 3. The zero-order valence-corrected chi connectivity index (χ0v) is 17.8. The fourth-order valence-electron chi connectivity index (χ4n) is 2.54. The van der Waals surface area contributed by atoms with Gasteiger partial charge in [-0.2, -0.15) is 0 Å². The van der Waals surface area contributed by atoms with Crippen molar-refractivity contribution in [2.75, 3.05) is 19.0 Å². The number of ether oxygens (including phenoxy) is 1. The van der Waals surface area contributed by atoms with Gasteiger partial charge in [0.25, 0.3) is 11.8 Å². The van der Waals surface area contributed by atoms with Crippen molar-refractivity contribution in [3.8, 4) is 10.6 Å². The predicted molar refractivity (Wildman–Crippen MR) is 116 cm³/mol. The van der Waals surface area contributed by atoms with Gasteiger partial charge in [-0.3, -0.25) is 14.4 Å². The smallest absolute Gasteiger partial charge is 0.325 e. The molecule has 30 heavy (non-hydrogen) atoms. The number of aryl methyl sites for hydroxylation is 1. The molecule has 7 nitrogen and oxygen atoms in total. The van der Waals surface area contributed by atoms with Gasteiger partial charge in [0.1, 0.15) is 16.4 Å². The molecule has 0 bridgehead atoms. The van der Waals surface area contributed by atoms with Crippen molar-refractivity contribution >= 4 is 46.4 Å². The molecule has 2 amide bonds. The number of methoxy groups -OCH3 is 1. The molecule has 0 saturated carbocycles. The number of benzene rings is 2. The maximum absolute atomic E-state index is 12.7. The van der Waals surface area contributed by atoms with Crippen molar-refractivity contribution in [3.63, 3.8) is 0 Å². The molecule has 0 aliphatic rings. The average molecular weight is 444 g/mol. The normalized spacial score (nSPS) is 10.4. The van der Waals surface area contributed by atoms with Crippen LogP contribution < -0.4 is 10.6 Å². The Bertz CT molecular complexity index is 1080. The highest BCUT2D eigenvalue weighted by atomic mass is 35.5. The van der Waals surface area contributed by atoms with E-state index in [2.05, 4.69) is 20.4 Å². The second-order valence-corrected chi connectivity index (χ2v) is 7.67. The van der Waals surface area contributed by atoms with E-state index in [4.69, 9.17) is 11.6 Å². The minimum atomic E-state index is -0.537. The fraction of sp³-hybridized carbons (Fsp3) is 0.143. The largest absolute Gasteiger partial charge is 0.468 e. The molecule has 0 aliphatic carbocycles. The number of anilines is 1. The van der Waals surface area contributed by atoms with E-state index in [1.54, 1.807) is 43.3 Å². The lowest BCUT2D eigenvalue weighted by Gasteiger charge is -2.07. The first kappa shape index (κ1) is 21.5. The Morgan fingerprint density at radius 1 is 1.03 bits per heavy atom. The second-order valence-electron chi connectivity index (χ2n) is 6.23. The van der Waals surface area contributed by atoms with Crippen LogP contribution in [0.4, 0.5) is 5.69 Å². The van der Waals surface area contributed by atoms with Gasteiger partial charge in [0.05, 0.1) is 12.8 Å². The zero-order valence-electron chi connectivity index (χ0n) is 16.2. The Kier molecular flexibility index (Phi) is 6.81. The number of carbonyl (C=O) groups is 3. The van der Waals surface area contributed by atoms with Crippen molar-refractivity contribution < 1.29 is 19.1 Å². The number of hydrogen-bond acceptors (Lipinski definition) is 6. The van der Waals surface area contributed by atoms with Crippen LogP contribution in [0.15, 0.2) is 48.5 Å². The minimum Gasteiger partial charge on any atom is -0.468 e. The third-order valence-electron chi connectivity index (χ3n) is 4.12. The number of amides is 2. The van der Waals surface area contributed by atoms with Crippen LogP contribution >= 0.6 is 22.9 Å². The van der Waals surface area contributed by atoms with E-state index in [-0.39, 0.29) is 12.5 Å². The van der Waals surface area contributed by atoms with E-state index in [9.17, 15) is 14.4 Å². The number of esters is 1. The number of rotatable bonds is 6. The lowest BCUT2D eigenvalue weighted by Crippen LogP contribution is -2.30. The third kappa shape index (κ3) is 5.22. The Hall–Kier alpha value is -3.23. The van der Waals surface area contributed by atoms with Crippen LogP contribution in [0, 0.1) is 6.92 Å². The van der Waals surface area contributed by atoms with Gasteiger partial charge in [-0.25, -0.2) is 4.98 Å². The Labute approximate surface area is 182 Å². The number of hydrogen-bond donors (Lipinski definition) is 2. The maximum Gasteiger partial charge on any atom is 0.325 e. The van der Waals surface area contributed by atoms with E-state index in [1.807, 2.05) is 12.1 Å². The van der Waals surface area contributed by atoms with Gasteiger partial charge in [-0.15, -0.1) is 11.3 Å². The molecular weight excluding hydrogens is 426 g/mol. The SMILES string of the molecule is COC(=O)CNC(=O)c1ccc(NC(=O)c2sc(-c3ccc(Cl)cc3)nc2C)cc1. The molecule has 0 radical (unpaired) electrons. The number of halogens is 1. The summed E-state index contributed by atoms with van der Waals surface area (Å²) in [5, 5.41) is 6.61. The van der Waals surface area contributed by atoms with Gasteiger partial charge in [-0.1, -0.05) is 23.7 Å². The summed E-state index contributed by atoms with van der Waals surface area (Å²) in [7, 11) is 1.25. The number of thiazole rings is 1. The molecular formula is C21H18ClN3O4S. The summed E-state index contributed by atoms with van der Waals surface area (Å²) >= 11 is 7.21. The van der Waals surface area contributed by atoms with E-state index in [0.717, 1.165) is 10.6 Å². The highest BCUT2D eigenvalue weighted by Crippen LogP contribution is 2.29. The minimum absolute atomic E-state index is 0.214. The lowest BCUT2D eigenvalue weighted by molar-refractivity contribution is -0.139. The van der Waals surface area contributed by atoms with E-state index in [0.29, 0.717) is 26.8 Å². The van der Waals surface area contributed by atoms with Gasteiger partial charge < -0.3 is 15.4 Å². The number of nitrogens with one attached hydrogen (secondary N) is 2. The van der Waals surface area contributed by atoms with Crippen molar-refractivity contribution in [3.05, 3.63) is 69.7 Å². The van der Waals surface area contributed by atoms with Gasteiger partial charge in [-0.05, 0) is 43.3 Å². The van der Waals surface area contributed by atoms with Crippen LogP contribution in [-0.4, -0.2) is 36.4 Å². The van der Waals surface area contributed by atoms with E-state index in [1.165, 1.54) is 18.4 Å². The Balaban J connectivity index is 1.67. The first-order valence-corrected chi connectivity index (χ1v) is 10.1. The molecule has 154 valence electrons. The molecule has 9 heteroatoms. The Morgan fingerprint density at radius 2 is 1.70 bits per heavy atom.